The number of carbonyl (C=O) groups is 1. The van der Waals surface area contributed by atoms with Crippen molar-refractivity contribution in [1.82, 2.24) is 5.48 Å². The molecule has 0 aromatic rings. The second-order valence-corrected chi connectivity index (χ2v) is 3.09. The molecule has 77 valence electrons. The van der Waals surface area contributed by atoms with E-state index in [1.807, 2.05) is 0 Å². The average molecular weight is 198 g/mol. The minimum atomic E-state index is -0.374. The van der Waals surface area contributed by atoms with E-state index in [0.717, 1.165) is 0 Å². The van der Waals surface area contributed by atoms with Gasteiger partial charge < -0.3 is 9.47 Å². The van der Waals surface area contributed by atoms with Crippen LogP contribution in [0.1, 0.15) is 13.3 Å². The lowest BCUT2D eigenvalue weighted by Crippen LogP contribution is -2.45. The predicted octanol–water partition coefficient (Wildman–Crippen LogP) is 0.287. The van der Waals surface area contributed by atoms with Gasteiger partial charge in [-0.3, -0.25) is 4.84 Å². The van der Waals surface area contributed by atoms with E-state index in [4.69, 9.17) is 14.3 Å². The summed E-state index contributed by atoms with van der Waals surface area (Å²) in [6, 6.07) is 0.414. The molecule has 2 unspecified atom stereocenters. The van der Waals surface area contributed by atoms with Crippen LogP contribution in [0.2, 0.25) is 0 Å². The molecular weight excluding hydrogens is 186 g/mol. The van der Waals surface area contributed by atoms with E-state index < -0.39 is 0 Å². The van der Waals surface area contributed by atoms with Gasteiger partial charge in [0.05, 0.1) is 12.9 Å². The van der Waals surface area contributed by atoms with Crippen LogP contribution in [0.4, 0.5) is 0 Å². The Bertz CT molecular complexity index is 253. The standard InChI is InChI=1S/C9H12NO4/c1-2-12-9(11)6-5-8-7(14-10-6)3-4-13-8/h3-4,7-8,10H,2,5H2,1H3. The van der Waals surface area contributed by atoms with Gasteiger partial charge in [-0.15, -0.1) is 0 Å². The molecule has 2 aliphatic heterocycles. The van der Waals surface area contributed by atoms with Gasteiger partial charge in [0.2, 0.25) is 0 Å². The van der Waals surface area contributed by atoms with Crippen molar-refractivity contribution in [3.63, 3.8) is 0 Å². The van der Waals surface area contributed by atoms with Crippen LogP contribution in [0, 0.1) is 6.04 Å². The summed E-state index contributed by atoms with van der Waals surface area (Å²) in [4.78, 5) is 16.5. The van der Waals surface area contributed by atoms with Gasteiger partial charge in [0, 0.05) is 6.42 Å². The molecule has 1 N–H and O–H groups in total. The van der Waals surface area contributed by atoms with Crippen molar-refractivity contribution in [2.75, 3.05) is 6.61 Å². The maximum absolute atomic E-state index is 11.3. The summed E-state index contributed by atoms with van der Waals surface area (Å²) in [5, 5.41) is 0. The molecule has 0 aromatic heterocycles. The molecule has 0 amide bonds. The van der Waals surface area contributed by atoms with E-state index >= 15 is 0 Å². The van der Waals surface area contributed by atoms with Crippen LogP contribution in [0.3, 0.4) is 0 Å². The van der Waals surface area contributed by atoms with Gasteiger partial charge in [-0.05, 0) is 13.0 Å². The lowest BCUT2D eigenvalue weighted by molar-refractivity contribution is -0.152. The first-order valence-electron chi connectivity index (χ1n) is 4.58. The highest BCUT2D eigenvalue weighted by molar-refractivity contribution is 5.84. The lowest BCUT2D eigenvalue weighted by atomic mass is 10.0. The SMILES string of the molecule is CCOC(=O)[C]1CC2OC=CC2ON1. The number of ether oxygens (including phenoxy) is 2. The van der Waals surface area contributed by atoms with Crippen LogP contribution in [0.5, 0.6) is 0 Å². The van der Waals surface area contributed by atoms with E-state index in [1.54, 1.807) is 19.3 Å². The highest BCUT2D eigenvalue weighted by Gasteiger charge is 2.38. The van der Waals surface area contributed by atoms with Crippen molar-refractivity contribution in [2.24, 2.45) is 0 Å². The number of carbonyl (C=O) groups excluding carboxylic acids is 1. The monoisotopic (exact) mass is 198 g/mol. The normalized spacial score (nSPS) is 30.9. The van der Waals surface area contributed by atoms with Crippen molar-refractivity contribution >= 4 is 5.97 Å². The molecule has 0 saturated carbocycles. The molecule has 1 radical (unpaired) electrons. The minimum absolute atomic E-state index is 0.101. The number of hydrogen-bond donors (Lipinski definition) is 1. The van der Waals surface area contributed by atoms with Gasteiger partial charge >= 0.3 is 5.97 Å². The Morgan fingerprint density at radius 2 is 2.64 bits per heavy atom. The molecule has 2 rings (SSSR count). The van der Waals surface area contributed by atoms with Crippen molar-refractivity contribution in [3.05, 3.63) is 18.4 Å². The number of rotatable bonds is 2. The Kier molecular flexibility index (Phi) is 2.69. The zero-order valence-corrected chi connectivity index (χ0v) is 7.86. The summed E-state index contributed by atoms with van der Waals surface area (Å²) in [5.41, 5.74) is 2.59. The maximum Gasteiger partial charge on any atom is 0.331 e. The van der Waals surface area contributed by atoms with Crippen LogP contribution >= 0.6 is 0 Å². The van der Waals surface area contributed by atoms with Crippen LogP contribution in [0.15, 0.2) is 12.3 Å². The fourth-order valence-corrected chi connectivity index (χ4v) is 1.43. The van der Waals surface area contributed by atoms with Gasteiger partial charge in [0.1, 0.15) is 12.2 Å². The molecule has 5 heteroatoms. The Morgan fingerprint density at radius 3 is 3.43 bits per heavy atom. The van der Waals surface area contributed by atoms with Crippen molar-refractivity contribution in [1.29, 1.82) is 0 Å². The second kappa shape index (κ2) is 3.98. The van der Waals surface area contributed by atoms with E-state index in [-0.39, 0.29) is 18.2 Å². The summed E-state index contributed by atoms with van der Waals surface area (Å²) >= 11 is 0. The average Bonchev–Trinajstić information content (AvgIpc) is 2.64. The molecule has 5 nitrogen and oxygen atoms in total. The third-order valence-corrected chi connectivity index (χ3v) is 2.13. The van der Waals surface area contributed by atoms with Crippen molar-refractivity contribution in [2.45, 2.75) is 25.6 Å². The minimum Gasteiger partial charge on any atom is -0.495 e. The van der Waals surface area contributed by atoms with E-state index in [9.17, 15) is 4.79 Å². The second-order valence-electron chi connectivity index (χ2n) is 3.09. The van der Waals surface area contributed by atoms with E-state index in [1.165, 1.54) is 0 Å². The Hall–Kier alpha value is -1.07. The maximum atomic E-state index is 11.3. The number of esters is 1. The zero-order valence-electron chi connectivity index (χ0n) is 7.86. The highest BCUT2D eigenvalue weighted by atomic mass is 16.7. The lowest BCUT2D eigenvalue weighted by Gasteiger charge is -2.29. The molecule has 14 heavy (non-hydrogen) atoms. The molecule has 0 aliphatic carbocycles. The molecule has 2 heterocycles. The smallest absolute Gasteiger partial charge is 0.331 e. The fraction of sp³-hybridized carbons (Fsp3) is 0.556. The largest absolute Gasteiger partial charge is 0.495 e. The zero-order chi connectivity index (χ0) is 9.97. The summed E-state index contributed by atoms with van der Waals surface area (Å²) in [6.45, 7) is 2.12. The van der Waals surface area contributed by atoms with Gasteiger partial charge in [-0.2, -0.15) is 5.48 Å². The van der Waals surface area contributed by atoms with Crippen LogP contribution < -0.4 is 5.48 Å². The van der Waals surface area contributed by atoms with Gasteiger partial charge in [0.15, 0.2) is 6.04 Å². The number of hydroxylamine groups is 1. The summed E-state index contributed by atoms with van der Waals surface area (Å²) in [7, 11) is 0. The van der Waals surface area contributed by atoms with Crippen molar-refractivity contribution < 1.29 is 19.1 Å². The van der Waals surface area contributed by atoms with Crippen molar-refractivity contribution in [3.8, 4) is 0 Å². The molecule has 2 aliphatic rings. The highest BCUT2D eigenvalue weighted by Crippen LogP contribution is 2.25. The molecule has 1 fully saturated rings. The van der Waals surface area contributed by atoms with E-state index in [2.05, 4.69) is 5.48 Å². The summed E-state index contributed by atoms with van der Waals surface area (Å²) in [5.74, 6) is -0.374. The first kappa shape index (κ1) is 9.48. The predicted molar refractivity (Wildman–Crippen MR) is 46.5 cm³/mol. The van der Waals surface area contributed by atoms with E-state index in [0.29, 0.717) is 19.1 Å². The Morgan fingerprint density at radius 1 is 1.79 bits per heavy atom. The fourth-order valence-electron chi connectivity index (χ4n) is 1.43. The molecule has 0 bridgehead atoms. The first-order valence-corrected chi connectivity index (χ1v) is 4.58. The first-order chi connectivity index (χ1) is 6.81. The van der Waals surface area contributed by atoms with Crippen LogP contribution in [-0.4, -0.2) is 24.8 Å². The topological polar surface area (TPSA) is 56.8 Å². The van der Waals surface area contributed by atoms with Gasteiger partial charge in [-0.25, -0.2) is 4.79 Å². The number of nitrogens with one attached hydrogen (secondary N) is 1. The third-order valence-electron chi connectivity index (χ3n) is 2.13. The van der Waals surface area contributed by atoms with Gasteiger partial charge in [-0.1, -0.05) is 0 Å². The number of fused-ring (bicyclic) bond motifs is 1. The van der Waals surface area contributed by atoms with Gasteiger partial charge in [0.25, 0.3) is 0 Å². The Balaban J connectivity index is 1.89. The molecule has 2 atom stereocenters. The Labute approximate surface area is 82.0 Å². The third kappa shape index (κ3) is 1.73. The molecule has 1 saturated heterocycles. The molecule has 0 aromatic carbocycles. The number of hydrogen-bond acceptors (Lipinski definition) is 5. The summed E-state index contributed by atoms with van der Waals surface area (Å²) in [6.07, 6.45) is 3.69. The quantitative estimate of drug-likeness (QED) is 0.646. The molecule has 0 spiro atoms. The van der Waals surface area contributed by atoms with Crippen LogP contribution in [-0.2, 0) is 19.1 Å². The van der Waals surface area contributed by atoms with Crippen LogP contribution in [0.25, 0.3) is 0 Å². The molecular formula is C9H12NO4. The summed E-state index contributed by atoms with van der Waals surface area (Å²) < 4.78 is 10.1.